The molecule has 0 saturated carbocycles. The highest BCUT2D eigenvalue weighted by Gasteiger charge is 2.12. The summed E-state index contributed by atoms with van der Waals surface area (Å²) in [5.74, 6) is -0.318. The van der Waals surface area contributed by atoms with Crippen LogP contribution in [0.4, 0.5) is 0 Å². The molecule has 1 atom stereocenters. The van der Waals surface area contributed by atoms with Gasteiger partial charge in [0.15, 0.2) is 0 Å². The molecule has 0 fully saturated rings. The van der Waals surface area contributed by atoms with E-state index in [0.29, 0.717) is 6.61 Å². The van der Waals surface area contributed by atoms with Crippen LogP contribution in [-0.2, 0) is 9.53 Å². The Hall–Kier alpha value is -0.613. The molecule has 16 heavy (non-hydrogen) atoms. The lowest BCUT2D eigenvalue weighted by molar-refractivity contribution is -0.145. The summed E-state index contributed by atoms with van der Waals surface area (Å²) < 4.78 is 4.96. The van der Waals surface area contributed by atoms with Crippen LogP contribution in [0.15, 0.2) is 11.8 Å². The second-order valence-corrected chi connectivity index (χ2v) is 10.1. The third kappa shape index (κ3) is 9.92. The summed E-state index contributed by atoms with van der Waals surface area (Å²) in [6, 6.07) is 0. The van der Waals surface area contributed by atoms with Crippen LogP contribution >= 0.6 is 0 Å². The first-order chi connectivity index (χ1) is 7.35. The zero-order valence-corrected chi connectivity index (χ0v) is 11.8. The van der Waals surface area contributed by atoms with Crippen LogP contribution in [0.2, 0.25) is 19.6 Å². The Balaban J connectivity index is 3.82. The third-order valence-corrected chi connectivity index (χ3v) is 3.15. The highest BCUT2D eigenvalue weighted by atomic mass is 28.3. The molecular weight excluding hydrogens is 220 g/mol. The van der Waals surface area contributed by atoms with Gasteiger partial charge in [0.2, 0.25) is 0 Å². The van der Waals surface area contributed by atoms with Gasteiger partial charge < -0.3 is 9.84 Å². The third-order valence-electron chi connectivity index (χ3n) is 1.96. The Morgan fingerprint density at radius 3 is 2.56 bits per heavy atom. The largest absolute Gasteiger partial charge is 0.466 e. The van der Waals surface area contributed by atoms with Gasteiger partial charge in [-0.05, 0) is 6.42 Å². The SMILES string of the molecule is CCCCOC(=O)C[C@@H](O)/C=C/[Si](C)(C)C. The van der Waals surface area contributed by atoms with Crippen LogP contribution in [0.5, 0.6) is 0 Å². The van der Waals surface area contributed by atoms with Crippen molar-refractivity contribution in [3.05, 3.63) is 11.8 Å². The Kier molecular flexibility index (Phi) is 7.33. The highest BCUT2D eigenvalue weighted by Crippen LogP contribution is 2.05. The van der Waals surface area contributed by atoms with Crippen molar-refractivity contribution in [3.63, 3.8) is 0 Å². The molecule has 1 N–H and O–H groups in total. The van der Waals surface area contributed by atoms with Crippen LogP contribution in [0.1, 0.15) is 26.2 Å². The highest BCUT2D eigenvalue weighted by molar-refractivity contribution is 6.80. The molecule has 0 aromatic heterocycles. The maximum absolute atomic E-state index is 11.2. The molecule has 0 amide bonds. The van der Waals surface area contributed by atoms with Crippen LogP contribution < -0.4 is 0 Å². The van der Waals surface area contributed by atoms with Gasteiger partial charge in [-0.1, -0.05) is 44.8 Å². The van der Waals surface area contributed by atoms with E-state index < -0.39 is 14.2 Å². The van der Waals surface area contributed by atoms with Crippen molar-refractivity contribution in [1.82, 2.24) is 0 Å². The molecule has 4 heteroatoms. The second-order valence-electron chi connectivity index (χ2n) is 5.07. The summed E-state index contributed by atoms with van der Waals surface area (Å²) in [5, 5.41) is 9.57. The van der Waals surface area contributed by atoms with E-state index in [1.54, 1.807) is 6.08 Å². The maximum atomic E-state index is 11.2. The molecule has 94 valence electrons. The number of hydrogen-bond acceptors (Lipinski definition) is 3. The van der Waals surface area contributed by atoms with E-state index in [9.17, 15) is 9.90 Å². The molecule has 0 heterocycles. The van der Waals surface area contributed by atoms with E-state index >= 15 is 0 Å². The molecule has 0 aliphatic carbocycles. The Bertz CT molecular complexity index is 231. The standard InChI is InChI=1S/C12H24O3Si/c1-5-6-8-15-12(14)10-11(13)7-9-16(2,3)4/h7,9,11,13H,5-6,8,10H2,1-4H3/b9-7+/t11-/m0/s1. The molecule has 0 aliphatic rings. The summed E-state index contributed by atoms with van der Waals surface area (Å²) in [6.45, 7) is 9.03. The first-order valence-electron chi connectivity index (χ1n) is 5.88. The minimum atomic E-state index is -1.29. The van der Waals surface area contributed by atoms with Crippen LogP contribution in [0, 0.1) is 0 Å². The lowest BCUT2D eigenvalue weighted by Gasteiger charge is -2.11. The minimum Gasteiger partial charge on any atom is -0.466 e. The van der Waals surface area contributed by atoms with Crippen molar-refractivity contribution in [1.29, 1.82) is 0 Å². The topological polar surface area (TPSA) is 46.5 Å². The fourth-order valence-electron chi connectivity index (χ4n) is 1.03. The van der Waals surface area contributed by atoms with E-state index in [1.165, 1.54) is 0 Å². The molecule has 0 aliphatic heterocycles. The summed E-state index contributed by atoms with van der Waals surface area (Å²) >= 11 is 0. The van der Waals surface area contributed by atoms with E-state index in [2.05, 4.69) is 19.6 Å². The lowest BCUT2D eigenvalue weighted by Crippen LogP contribution is -2.19. The predicted octanol–water partition coefficient (Wildman–Crippen LogP) is 2.51. The van der Waals surface area contributed by atoms with E-state index in [-0.39, 0.29) is 12.4 Å². The second kappa shape index (κ2) is 7.63. The zero-order chi connectivity index (χ0) is 12.6. The molecule has 0 unspecified atom stereocenters. The van der Waals surface area contributed by atoms with E-state index in [1.807, 2.05) is 12.6 Å². The molecule has 0 saturated heterocycles. The van der Waals surface area contributed by atoms with Gasteiger partial charge in [0.25, 0.3) is 0 Å². The first kappa shape index (κ1) is 15.4. The monoisotopic (exact) mass is 244 g/mol. The summed E-state index contributed by atoms with van der Waals surface area (Å²) in [5.41, 5.74) is 2.04. The molecule has 0 spiro atoms. The van der Waals surface area contributed by atoms with Crippen molar-refractivity contribution in [2.24, 2.45) is 0 Å². The Morgan fingerprint density at radius 1 is 1.44 bits per heavy atom. The average molecular weight is 244 g/mol. The molecular formula is C12H24O3Si. The van der Waals surface area contributed by atoms with Gasteiger partial charge in [-0.2, -0.15) is 0 Å². The molecule has 0 bridgehead atoms. The summed E-state index contributed by atoms with van der Waals surface area (Å²) in [6.07, 6.45) is 2.96. The summed E-state index contributed by atoms with van der Waals surface area (Å²) in [7, 11) is -1.29. The molecule has 0 radical (unpaired) electrons. The van der Waals surface area contributed by atoms with Gasteiger partial charge >= 0.3 is 5.97 Å². The number of unbranched alkanes of at least 4 members (excludes halogenated alkanes) is 1. The van der Waals surface area contributed by atoms with Gasteiger partial charge in [0.1, 0.15) is 0 Å². The molecule has 3 nitrogen and oxygen atoms in total. The molecule has 0 rings (SSSR count). The summed E-state index contributed by atoms with van der Waals surface area (Å²) in [4.78, 5) is 11.2. The number of hydrogen-bond donors (Lipinski definition) is 1. The lowest BCUT2D eigenvalue weighted by atomic mass is 10.2. The zero-order valence-electron chi connectivity index (χ0n) is 10.8. The average Bonchev–Trinajstić information content (AvgIpc) is 2.14. The smallest absolute Gasteiger partial charge is 0.308 e. The quantitative estimate of drug-likeness (QED) is 0.425. The van der Waals surface area contributed by atoms with Crippen molar-refractivity contribution in [3.8, 4) is 0 Å². The van der Waals surface area contributed by atoms with Crippen molar-refractivity contribution < 1.29 is 14.6 Å². The fraction of sp³-hybridized carbons (Fsp3) is 0.750. The van der Waals surface area contributed by atoms with Gasteiger partial charge in [0.05, 0.1) is 27.2 Å². The van der Waals surface area contributed by atoms with E-state index in [4.69, 9.17) is 4.74 Å². The van der Waals surface area contributed by atoms with Crippen molar-refractivity contribution >= 4 is 14.0 Å². The van der Waals surface area contributed by atoms with Crippen LogP contribution in [-0.4, -0.2) is 31.9 Å². The fourth-order valence-corrected chi connectivity index (χ4v) is 1.83. The normalized spacial score (nSPS) is 14.1. The number of carbonyl (C=O) groups excluding carboxylic acids is 1. The number of ether oxygens (including phenoxy) is 1. The number of esters is 1. The van der Waals surface area contributed by atoms with E-state index in [0.717, 1.165) is 12.8 Å². The van der Waals surface area contributed by atoms with Gasteiger partial charge in [-0.25, -0.2) is 0 Å². The van der Waals surface area contributed by atoms with Gasteiger partial charge in [-0.15, -0.1) is 0 Å². The van der Waals surface area contributed by atoms with Gasteiger partial charge in [-0.3, -0.25) is 4.79 Å². The number of aliphatic hydroxyl groups is 1. The predicted molar refractivity (Wildman–Crippen MR) is 69.0 cm³/mol. The molecule has 0 aromatic carbocycles. The number of aliphatic hydroxyl groups excluding tert-OH is 1. The van der Waals surface area contributed by atoms with Crippen molar-refractivity contribution in [2.75, 3.05) is 6.61 Å². The minimum absolute atomic E-state index is 0.0602. The number of carbonyl (C=O) groups is 1. The maximum Gasteiger partial charge on any atom is 0.308 e. The van der Waals surface area contributed by atoms with Gasteiger partial charge in [0, 0.05) is 0 Å². The number of rotatable bonds is 7. The van der Waals surface area contributed by atoms with Crippen LogP contribution in [0.25, 0.3) is 0 Å². The molecule has 0 aromatic rings. The Labute approximate surface area is 99.5 Å². The Morgan fingerprint density at radius 2 is 2.06 bits per heavy atom. The van der Waals surface area contributed by atoms with Crippen molar-refractivity contribution in [2.45, 2.75) is 51.9 Å². The van der Waals surface area contributed by atoms with Crippen LogP contribution in [0.3, 0.4) is 0 Å². The first-order valence-corrected chi connectivity index (χ1v) is 9.46.